The summed E-state index contributed by atoms with van der Waals surface area (Å²) in [6.45, 7) is 1.64. The quantitative estimate of drug-likeness (QED) is 0.503. The number of carbonyl (C=O) groups excluding carboxylic acids is 1. The second-order valence-electron chi connectivity index (χ2n) is 6.30. The van der Waals surface area contributed by atoms with Gasteiger partial charge in [-0.25, -0.2) is 10.2 Å². The summed E-state index contributed by atoms with van der Waals surface area (Å²) in [6, 6.07) is 12.5. The van der Waals surface area contributed by atoms with Crippen LogP contribution in [-0.2, 0) is 4.79 Å². The van der Waals surface area contributed by atoms with E-state index in [1.165, 1.54) is 19.1 Å². The third kappa shape index (κ3) is 5.32. The summed E-state index contributed by atoms with van der Waals surface area (Å²) in [4.78, 5) is 25.3. The zero-order valence-corrected chi connectivity index (χ0v) is 16.7. The van der Waals surface area contributed by atoms with Crippen LogP contribution in [0.5, 0.6) is 5.75 Å². The van der Waals surface area contributed by atoms with Crippen molar-refractivity contribution < 1.29 is 19.4 Å². The molecule has 8 heteroatoms. The number of benzene rings is 2. The molecule has 2 N–H and O–H groups in total. The molecule has 7 nitrogen and oxygen atoms in total. The molecule has 2 aromatic carbocycles. The van der Waals surface area contributed by atoms with Crippen molar-refractivity contribution in [1.82, 2.24) is 5.43 Å². The number of nitrogens with one attached hydrogen (secondary N) is 1. The number of carboxylic acids is 1. The molecule has 1 fully saturated rings. The fourth-order valence-corrected chi connectivity index (χ4v) is 3.29. The highest BCUT2D eigenvalue weighted by atomic mass is 79.9. The van der Waals surface area contributed by atoms with Gasteiger partial charge in [-0.2, -0.15) is 5.10 Å². The molecule has 1 heterocycles. The summed E-state index contributed by atoms with van der Waals surface area (Å²) in [6.07, 6.45) is 3.81. The molecule has 1 aliphatic heterocycles. The number of carboxylic acid groups (broad SMARTS) is 1. The smallest absolute Gasteiger partial charge is 0.341 e. The Morgan fingerprint density at radius 2 is 1.89 bits per heavy atom. The van der Waals surface area contributed by atoms with E-state index in [-0.39, 0.29) is 5.91 Å². The van der Waals surface area contributed by atoms with Crippen molar-refractivity contribution in [2.24, 2.45) is 5.10 Å². The van der Waals surface area contributed by atoms with Gasteiger partial charge in [0.25, 0.3) is 5.91 Å². The summed E-state index contributed by atoms with van der Waals surface area (Å²) in [7, 11) is 0. The van der Waals surface area contributed by atoms with Gasteiger partial charge in [-0.05, 0) is 55.3 Å². The van der Waals surface area contributed by atoms with E-state index in [0.717, 1.165) is 23.2 Å². The SMILES string of the molecule is O=C(O)COc1ccc(Br)cc1/C=N\NC(=O)c1ccc(N2CCCC2)cc1. The molecule has 3 rings (SSSR count). The topological polar surface area (TPSA) is 91.2 Å². The molecule has 0 bridgehead atoms. The van der Waals surface area contributed by atoms with Gasteiger partial charge in [-0.1, -0.05) is 15.9 Å². The Bertz CT molecular complexity index is 878. The number of aliphatic carboxylic acids is 1. The third-order valence-corrected chi connectivity index (χ3v) is 4.79. The van der Waals surface area contributed by atoms with Crippen LogP contribution in [0.4, 0.5) is 5.69 Å². The second-order valence-corrected chi connectivity index (χ2v) is 7.22. The maximum absolute atomic E-state index is 12.3. The van der Waals surface area contributed by atoms with Crippen LogP contribution in [0.2, 0.25) is 0 Å². The number of ether oxygens (including phenoxy) is 1. The van der Waals surface area contributed by atoms with E-state index in [9.17, 15) is 9.59 Å². The van der Waals surface area contributed by atoms with Crippen LogP contribution in [0, 0.1) is 0 Å². The third-order valence-electron chi connectivity index (χ3n) is 4.29. The van der Waals surface area contributed by atoms with Gasteiger partial charge in [0.05, 0.1) is 6.21 Å². The van der Waals surface area contributed by atoms with Crippen molar-refractivity contribution in [3.8, 4) is 5.75 Å². The van der Waals surface area contributed by atoms with E-state index in [2.05, 4.69) is 31.4 Å². The first-order valence-corrected chi connectivity index (χ1v) is 9.65. The standard InChI is InChI=1S/C20H20BrN3O4/c21-16-5-8-18(28-13-19(25)26)15(11-16)12-22-23-20(27)14-3-6-17(7-4-14)24-9-1-2-10-24/h3-8,11-12H,1-2,9-10,13H2,(H,23,27)(H,25,26)/b22-12-. The number of hydrogen-bond donors (Lipinski definition) is 2. The first kappa shape index (κ1) is 19.9. The number of hydrogen-bond acceptors (Lipinski definition) is 5. The van der Waals surface area contributed by atoms with Crippen molar-refractivity contribution in [2.75, 3.05) is 24.6 Å². The van der Waals surface area contributed by atoms with Gasteiger partial charge in [0.1, 0.15) is 5.75 Å². The van der Waals surface area contributed by atoms with Crippen LogP contribution in [0.25, 0.3) is 0 Å². The maximum Gasteiger partial charge on any atom is 0.341 e. The Kier molecular flexibility index (Phi) is 6.65. The van der Waals surface area contributed by atoms with Crippen LogP contribution >= 0.6 is 15.9 Å². The van der Waals surface area contributed by atoms with E-state index in [1.807, 2.05) is 12.1 Å². The summed E-state index contributed by atoms with van der Waals surface area (Å²) in [5, 5.41) is 12.7. The largest absolute Gasteiger partial charge is 0.481 e. The Morgan fingerprint density at radius 1 is 1.18 bits per heavy atom. The van der Waals surface area contributed by atoms with Crippen LogP contribution in [0.15, 0.2) is 52.0 Å². The average molecular weight is 446 g/mol. The van der Waals surface area contributed by atoms with Crippen LogP contribution in [-0.4, -0.2) is 42.9 Å². The summed E-state index contributed by atoms with van der Waals surface area (Å²) in [5.41, 5.74) is 4.65. The maximum atomic E-state index is 12.3. The van der Waals surface area contributed by atoms with Crippen molar-refractivity contribution in [1.29, 1.82) is 0 Å². The normalized spacial score (nSPS) is 13.7. The van der Waals surface area contributed by atoms with Gasteiger partial charge in [0.15, 0.2) is 6.61 Å². The molecule has 1 amide bonds. The van der Waals surface area contributed by atoms with E-state index in [4.69, 9.17) is 9.84 Å². The zero-order chi connectivity index (χ0) is 19.9. The van der Waals surface area contributed by atoms with E-state index < -0.39 is 12.6 Å². The van der Waals surface area contributed by atoms with Gasteiger partial charge in [-0.15, -0.1) is 0 Å². The zero-order valence-electron chi connectivity index (χ0n) is 15.1. The molecule has 146 valence electrons. The van der Waals surface area contributed by atoms with E-state index >= 15 is 0 Å². The molecule has 1 saturated heterocycles. The van der Waals surface area contributed by atoms with Crippen molar-refractivity contribution in [3.63, 3.8) is 0 Å². The summed E-state index contributed by atoms with van der Waals surface area (Å²) >= 11 is 3.34. The lowest BCUT2D eigenvalue weighted by Gasteiger charge is -2.17. The number of nitrogens with zero attached hydrogens (tertiary/aromatic N) is 2. The highest BCUT2D eigenvalue weighted by Crippen LogP contribution is 2.22. The molecule has 0 aromatic heterocycles. The molecule has 0 radical (unpaired) electrons. The lowest BCUT2D eigenvalue weighted by atomic mass is 10.2. The first-order chi connectivity index (χ1) is 13.5. The summed E-state index contributed by atoms with van der Waals surface area (Å²) < 4.78 is 6.01. The highest BCUT2D eigenvalue weighted by molar-refractivity contribution is 9.10. The van der Waals surface area contributed by atoms with Gasteiger partial charge in [0, 0.05) is 34.4 Å². The minimum Gasteiger partial charge on any atom is -0.481 e. The minimum absolute atomic E-state index is 0.327. The summed E-state index contributed by atoms with van der Waals surface area (Å²) in [5.74, 6) is -1.04. The monoisotopic (exact) mass is 445 g/mol. The van der Waals surface area contributed by atoms with Crippen LogP contribution < -0.4 is 15.1 Å². The Labute approximate surface area is 171 Å². The van der Waals surface area contributed by atoms with E-state index in [1.54, 1.807) is 30.3 Å². The van der Waals surface area contributed by atoms with Crippen molar-refractivity contribution in [2.45, 2.75) is 12.8 Å². The lowest BCUT2D eigenvalue weighted by Crippen LogP contribution is -2.19. The fourth-order valence-electron chi connectivity index (χ4n) is 2.92. The second kappa shape index (κ2) is 9.36. The number of rotatable bonds is 7. The number of halogens is 1. The molecule has 1 aliphatic rings. The Balaban J connectivity index is 1.63. The molecule has 2 aromatic rings. The molecule has 0 spiro atoms. The first-order valence-electron chi connectivity index (χ1n) is 8.85. The number of anilines is 1. The van der Waals surface area contributed by atoms with Gasteiger partial charge >= 0.3 is 5.97 Å². The highest BCUT2D eigenvalue weighted by Gasteiger charge is 2.13. The Hall–Kier alpha value is -2.87. The van der Waals surface area contributed by atoms with Gasteiger partial charge in [0.2, 0.25) is 0 Å². The number of amides is 1. The van der Waals surface area contributed by atoms with Crippen LogP contribution in [0.3, 0.4) is 0 Å². The predicted octanol–water partition coefficient (Wildman–Crippen LogP) is 3.28. The predicted molar refractivity (Wildman–Crippen MR) is 110 cm³/mol. The number of carbonyl (C=O) groups is 2. The average Bonchev–Trinajstić information content (AvgIpc) is 3.22. The van der Waals surface area contributed by atoms with Gasteiger partial charge in [-0.3, -0.25) is 4.79 Å². The molecule has 0 atom stereocenters. The lowest BCUT2D eigenvalue weighted by molar-refractivity contribution is -0.139. The van der Waals surface area contributed by atoms with Crippen molar-refractivity contribution >= 4 is 39.7 Å². The van der Waals surface area contributed by atoms with Crippen molar-refractivity contribution in [3.05, 3.63) is 58.1 Å². The Morgan fingerprint density at radius 3 is 2.57 bits per heavy atom. The van der Waals surface area contributed by atoms with E-state index in [0.29, 0.717) is 16.9 Å². The molecular weight excluding hydrogens is 426 g/mol. The number of hydrazone groups is 1. The molecule has 28 heavy (non-hydrogen) atoms. The van der Waals surface area contributed by atoms with Gasteiger partial charge < -0.3 is 14.7 Å². The molecule has 0 saturated carbocycles. The fraction of sp³-hybridized carbons (Fsp3) is 0.250. The molecule has 0 aliphatic carbocycles. The van der Waals surface area contributed by atoms with Crippen LogP contribution in [0.1, 0.15) is 28.8 Å². The molecular formula is C20H20BrN3O4. The molecule has 0 unspecified atom stereocenters. The minimum atomic E-state index is -1.07.